The quantitative estimate of drug-likeness (QED) is 0.927. The number of carbonyl (C=O) groups is 1. The van der Waals surface area contributed by atoms with E-state index in [-0.39, 0.29) is 5.91 Å². The predicted molar refractivity (Wildman–Crippen MR) is 66.7 cm³/mol. The number of hydrogen-bond donors (Lipinski definition) is 1. The second-order valence-electron chi connectivity index (χ2n) is 3.11. The molecule has 0 saturated carbocycles. The minimum absolute atomic E-state index is 0.149. The molecule has 0 aromatic carbocycles. The molecule has 0 aliphatic heterocycles. The highest BCUT2D eigenvalue weighted by atomic mass is 79.9. The maximum atomic E-state index is 11.8. The van der Waals surface area contributed by atoms with Crippen LogP contribution in [0.3, 0.4) is 0 Å². The molecular formula is C10H8BrN3OS. The van der Waals surface area contributed by atoms with Crippen LogP contribution in [0.15, 0.2) is 28.4 Å². The van der Waals surface area contributed by atoms with Crippen LogP contribution in [0.2, 0.25) is 0 Å². The predicted octanol–water partition coefficient (Wildman–Crippen LogP) is 2.86. The summed E-state index contributed by atoms with van der Waals surface area (Å²) >= 11 is 4.59. The number of thiophene rings is 1. The molecule has 4 nitrogen and oxygen atoms in total. The van der Waals surface area contributed by atoms with Gasteiger partial charge in [0.25, 0.3) is 5.91 Å². The molecule has 0 fully saturated rings. The Balaban J connectivity index is 2.14. The fourth-order valence-corrected chi connectivity index (χ4v) is 2.18. The van der Waals surface area contributed by atoms with Crippen molar-refractivity contribution in [2.45, 2.75) is 6.92 Å². The first kappa shape index (κ1) is 11.2. The Hall–Kier alpha value is -1.27. The zero-order valence-corrected chi connectivity index (χ0v) is 10.8. The van der Waals surface area contributed by atoms with Gasteiger partial charge < -0.3 is 5.32 Å². The summed E-state index contributed by atoms with van der Waals surface area (Å²) in [4.78, 5) is 20.5. The zero-order chi connectivity index (χ0) is 11.5. The van der Waals surface area contributed by atoms with Crippen molar-refractivity contribution in [1.82, 2.24) is 9.97 Å². The fraction of sp³-hybridized carbons (Fsp3) is 0.100. The van der Waals surface area contributed by atoms with Gasteiger partial charge in [-0.1, -0.05) is 0 Å². The number of hydrogen-bond acceptors (Lipinski definition) is 4. The van der Waals surface area contributed by atoms with Crippen LogP contribution < -0.4 is 5.32 Å². The largest absolute Gasteiger partial charge is 0.305 e. The van der Waals surface area contributed by atoms with Crippen LogP contribution in [-0.2, 0) is 0 Å². The molecular weight excluding hydrogens is 290 g/mol. The van der Waals surface area contributed by atoms with Crippen LogP contribution in [-0.4, -0.2) is 15.9 Å². The molecule has 16 heavy (non-hydrogen) atoms. The standard InChI is InChI=1S/C10H8BrN3OS/c1-6-2-3-16-9(6)10(15)14-8-5-12-7(11)4-13-8/h2-5H,1H3,(H,13,14,15). The van der Waals surface area contributed by atoms with Crippen molar-refractivity contribution in [3.8, 4) is 0 Å². The van der Waals surface area contributed by atoms with Gasteiger partial charge in [0, 0.05) is 0 Å². The maximum Gasteiger partial charge on any atom is 0.267 e. The fourth-order valence-electron chi connectivity index (χ4n) is 1.16. The van der Waals surface area contributed by atoms with Gasteiger partial charge >= 0.3 is 0 Å². The van der Waals surface area contributed by atoms with Gasteiger partial charge in [-0.2, -0.15) is 0 Å². The number of aromatic nitrogens is 2. The highest BCUT2D eigenvalue weighted by Crippen LogP contribution is 2.17. The summed E-state index contributed by atoms with van der Waals surface area (Å²) in [7, 11) is 0. The third kappa shape index (κ3) is 2.45. The van der Waals surface area contributed by atoms with Gasteiger partial charge in [-0.3, -0.25) is 4.79 Å². The number of anilines is 1. The van der Waals surface area contributed by atoms with E-state index in [0.717, 1.165) is 5.56 Å². The second-order valence-corrected chi connectivity index (χ2v) is 4.84. The highest BCUT2D eigenvalue weighted by Gasteiger charge is 2.10. The molecule has 2 rings (SSSR count). The molecule has 1 N–H and O–H groups in total. The van der Waals surface area contributed by atoms with Gasteiger partial charge in [0.2, 0.25) is 0 Å². The van der Waals surface area contributed by atoms with E-state index in [0.29, 0.717) is 15.3 Å². The average molecular weight is 298 g/mol. The third-order valence-corrected chi connectivity index (χ3v) is 3.35. The third-order valence-electron chi connectivity index (χ3n) is 1.93. The Labute approximate surface area is 105 Å². The maximum absolute atomic E-state index is 11.8. The molecule has 82 valence electrons. The minimum Gasteiger partial charge on any atom is -0.305 e. The van der Waals surface area contributed by atoms with E-state index in [1.54, 1.807) is 0 Å². The lowest BCUT2D eigenvalue weighted by Crippen LogP contribution is -2.12. The molecule has 1 amide bonds. The number of aryl methyl sites for hydroxylation is 1. The van der Waals surface area contributed by atoms with Crippen molar-refractivity contribution in [1.29, 1.82) is 0 Å². The SMILES string of the molecule is Cc1ccsc1C(=O)Nc1cnc(Br)cn1. The van der Waals surface area contributed by atoms with Crippen LogP contribution in [0, 0.1) is 6.92 Å². The number of amides is 1. The molecule has 0 saturated heterocycles. The zero-order valence-electron chi connectivity index (χ0n) is 8.40. The molecule has 6 heteroatoms. The summed E-state index contributed by atoms with van der Waals surface area (Å²) < 4.78 is 0.637. The summed E-state index contributed by atoms with van der Waals surface area (Å²) in [5.41, 5.74) is 0.965. The van der Waals surface area contributed by atoms with Crippen LogP contribution in [0.5, 0.6) is 0 Å². The second kappa shape index (κ2) is 4.71. The summed E-state index contributed by atoms with van der Waals surface area (Å²) in [5, 5.41) is 4.58. The van der Waals surface area contributed by atoms with Crippen LogP contribution >= 0.6 is 27.3 Å². The van der Waals surface area contributed by atoms with Crippen molar-refractivity contribution < 1.29 is 4.79 Å². The van der Waals surface area contributed by atoms with E-state index in [2.05, 4.69) is 31.2 Å². The van der Waals surface area contributed by atoms with E-state index in [1.165, 1.54) is 23.7 Å². The monoisotopic (exact) mass is 297 g/mol. The lowest BCUT2D eigenvalue weighted by molar-refractivity contribution is 0.102. The van der Waals surface area contributed by atoms with Gasteiger partial charge in [0.15, 0.2) is 5.82 Å². The highest BCUT2D eigenvalue weighted by molar-refractivity contribution is 9.10. The van der Waals surface area contributed by atoms with Crippen molar-refractivity contribution in [2.75, 3.05) is 5.32 Å². The molecule has 2 aromatic heterocycles. The minimum atomic E-state index is -0.149. The van der Waals surface area contributed by atoms with E-state index in [9.17, 15) is 4.79 Å². The van der Waals surface area contributed by atoms with Crippen LogP contribution in [0.4, 0.5) is 5.82 Å². The van der Waals surface area contributed by atoms with E-state index in [1.807, 2.05) is 18.4 Å². The van der Waals surface area contributed by atoms with Gasteiger partial charge in [0.1, 0.15) is 4.60 Å². The summed E-state index contributed by atoms with van der Waals surface area (Å²) in [5.74, 6) is 0.296. The van der Waals surface area contributed by atoms with Crippen molar-refractivity contribution in [3.63, 3.8) is 0 Å². The Morgan fingerprint density at radius 2 is 2.25 bits per heavy atom. The topological polar surface area (TPSA) is 54.9 Å². The normalized spacial score (nSPS) is 10.1. The molecule has 0 spiro atoms. The molecule has 0 aliphatic carbocycles. The van der Waals surface area contributed by atoms with Crippen molar-refractivity contribution in [2.24, 2.45) is 0 Å². The van der Waals surface area contributed by atoms with E-state index < -0.39 is 0 Å². The number of rotatable bonds is 2. The Morgan fingerprint density at radius 3 is 2.81 bits per heavy atom. The van der Waals surface area contributed by atoms with Crippen LogP contribution in [0.1, 0.15) is 15.2 Å². The van der Waals surface area contributed by atoms with Crippen molar-refractivity contribution in [3.05, 3.63) is 38.9 Å². The molecule has 0 unspecified atom stereocenters. The molecule has 0 atom stereocenters. The molecule has 0 radical (unpaired) electrons. The van der Waals surface area contributed by atoms with Gasteiger partial charge in [-0.25, -0.2) is 9.97 Å². The Kier molecular flexibility index (Phi) is 3.31. The number of carbonyl (C=O) groups excluding carboxylic acids is 1. The van der Waals surface area contributed by atoms with Gasteiger partial charge in [-0.15, -0.1) is 11.3 Å². The first-order chi connectivity index (χ1) is 7.66. The summed E-state index contributed by atoms with van der Waals surface area (Å²) in [6, 6.07) is 1.91. The first-order valence-corrected chi connectivity index (χ1v) is 6.17. The molecule has 2 heterocycles. The molecule has 0 bridgehead atoms. The van der Waals surface area contributed by atoms with Gasteiger partial charge in [0.05, 0.1) is 17.3 Å². The van der Waals surface area contributed by atoms with E-state index in [4.69, 9.17) is 0 Å². The molecule has 0 aliphatic rings. The Morgan fingerprint density at radius 1 is 1.44 bits per heavy atom. The lowest BCUT2D eigenvalue weighted by atomic mass is 10.3. The van der Waals surface area contributed by atoms with E-state index >= 15 is 0 Å². The number of nitrogens with one attached hydrogen (secondary N) is 1. The summed E-state index contributed by atoms with van der Waals surface area (Å²) in [6.45, 7) is 1.90. The van der Waals surface area contributed by atoms with Gasteiger partial charge in [-0.05, 0) is 39.9 Å². The average Bonchev–Trinajstić information content (AvgIpc) is 2.68. The number of nitrogens with zero attached hydrogens (tertiary/aromatic N) is 2. The van der Waals surface area contributed by atoms with Crippen molar-refractivity contribution >= 4 is 39.0 Å². The van der Waals surface area contributed by atoms with Crippen LogP contribution in [0.25, 0.3) is 0 Å². The number of halogens is 1. The molecule has 2 aromatic rings. The lowest BCUT2D eigenvalue weighted by Gasteiger charge is -2.02. The smallest absolute Gasteiger partial charge is 0.267 e. The Bertz CT molecular complexity index is 509. The first-order valence-electron chi connectivity index (χ1n) is 4.50. The summed E-state index contributed by atoms with van der Waals surface area (Å²) in [6.07, 6.45) is 3.04.